The molecule has 2 rings (SSSR count). The standard InChI is InChI=1S/C11H20N4O2S/c1-9-4-3-5-10(14-9)8-13-18(16,17)11-6-7-12-15(11)2/h6-7,9-10,13-14H,3-5,8H2,1-2H3. The largest absolute Gasteiger partial charge is 0.310 e. The summed E-state index contributed by atoms with van der Waals surface area (Å²) in [5, 5.41) is 7.47. The third-order valence-corrected chi connectivity index (χ3v) is 4.78. The summed E-state index contributed by atoms with van der Waals surface area (Å²) in [6.07, 6.45) is 4.80. The van der Waals surface area contributed by atoms with Crippen molar-refractivity contribution in [2.75, 3.05) is 6.54 Å². The monoisotopic (exact) mass is 272 g/mol. The third-order valence-electron chi connectivity index (χ3n) is 3.28. The van der Waals surface area contributed by atoms with E-state index in [0.717, 1.165) is 19.3 Å². The lowest BCUT2D eigenvalue weighted by atomic mass is 10.00. The van der Waals surface area contributed by atoms with Crippen LogP contribution in [-0.4, -0.2) is 36.8 Å². The van der Waals surface area contributed by atoms with E-state index in [4.69, 9.17) is 0 Å². The van der Waals surface area contributed by atoms with Crippen molar-refractivity contribution in [1.29, 1.82) is 0 Å². The van der Waals surface area contributed by atoms with Gasteiger partial charge in [-0.3, -0.25) is 4.68 Å². The molecule has 1 aromatic heterocycles. The molecule has 1 aliphatic heterocycles. The Morgan fingerprint density at radius 3 is 2.94 bits per heavy atom. The van der Waals surface area contributed by atoms with Crippen LogP contribution in [0.5, 0.6) is 0 Å². The molecule has 1 aliphatic rings. The number of hydrogen-bond donors (Lipinski definition) is 2. The van der Waals surface area contributed by atoms with Gasteiger partial charge in [-0.1, -0.05) is 6.42 Å². The molecule has 0 bridgehead atoms. The maximum absolute atomic E-state index is 12.0. The van der Waals surface area contributed by atoms with E-state index in [0.29, 0.717) is 12.6 Å². The first-order valence-electron chi connectivity index (χ1n) is 6.23. The van der Waals surface area contributed by atoms with Crippen molar-refractivity contribution in [2.45, 2.75) is 43.3 Å². The van der Waals surface area contributed by atoms with Gasteiger partial charge in [0.25, 0.3) is 10.0 Å². The van der Waals surface area contributed by atoms with Crippen LogP contribution in [0.25, 0.3) is 0 Å². The van der Waals surface area contributed by atoms with Gasteiger partial charge in [0.05, 0.1) is 6.20 Å². The lowest BCUT2D eigenvalue weighted by Gasteiger charge is -2.28. The van der Waals surface area contributed by atoms with Gasteiger partial charge in [0.15, 0.2) is 5.03 Å². The number of aromatic nitrogens is 2. The molecule has 2 N–H and O–H groups in total. The molecule has 0 radical (unpaired) electrons. The minimum atomic E-state index is -3.45. The van der Waals surface area contributed by atoms with Crippen molar-refractivity contribution in [2.24, 2.45) is 7.05 Å². The Labute approximate surface area is 108 Å². The van der Waals surface area contributed by atoms with E-state index in [1.54, 1.807) is 7.05 Å². The molecule has 6 nitrogen and oxygen atoms in total. The zero-order valence-electron chi connectivity index (χ0n) is 10.8. The molecule has 7 heteroatoms. The maximum Gasteiger partial charge on any atom is 0.257 e. The van der Waals surface area contributed by atoms with Crippen LogP contribution in [0.3, 0.4) is 0 Å². The molecule has 0 spiro atoms. The summed E-state index contributed by atoms with van der Waals surface area (Å²) in [6.45, 7) is 2.56. The normalized spacial score (nSPS) is 25.2. The van der Waals surface area contributed by atoms with Gasteiger partial charge in [0.2, 0.25) is 0 Å². The molecule has 2 heterocycles. The zero-order chi connectivity index (χ0) is 13.2. The minimum absolute atomic E-state index is 0.200. The average Bonchev–Trinajstić information content (AvgIpc) is 2.74. The van der Waals surface area contributed by atoms with Gasteiger partial charge in [0, 0.05) is 25.7 Å². The van der Waals surface area contributed by atoms with Crippen LogP contribution in [0.2, 0.25) is 0 Å². The number of rotatable bonds is 4. The van der Waals surface area contributed by atoms with Gasteiger partial charge in [0.1, 0.15) is 0 Å². The smallest absolute Gasteiger partial charge is 0.257 e. The Morgan fingerprint density at radius 1 is 1.56 bits per heavy atom. The summed E-state index contributed by atoms with van der Waals surface area (Å²) in [7, 11) is -1.83. The SMILES string of the molecule is CC1CCCC(CNS(=O)(=O)c2ccnn2C)N1. The third kappa shape index (κ3) is 3.09. The molecule has 2 atom stereocenters. The molecule has 0 aliphatic carbocycles. The number of piperidine rings is 1. The molecule has 0 amide bonds. The van der Waals surface area contributed by atoms with E-state index in [2.05, 4.69) is 22.1 Å². The Kier molecular flexibility index (Phi) is 4.04. The molecule has 2 unspecified atom stereocenters. The van der Waals surface area contributed by atoms with Crippen molar-refractivity contribution in [3.63, 3.8) is 0 Å². The van der Waals surface area contributed by atoms with Crippen LogP contribution in [-0.2, 0) is 17.1 Å². The maximum atomic E-state index is 12.0. The summed E-state index contributed by atoms with van der Waals surface area (Å²) in [5.41, 5.74) is 0. The highest BCUT2D eigenvalue weighted by Gasteiger charge is 2.22. The fraction of sp³-hybridized carbons (Fsp3) is 0.727. The molecular formula is C11H20N4O2S. The first kappa shape index (κ1) is 13.5. The van der Waals surface area contributed by atoms with Crippen molar-refractivity contribution >= 4 is 10.0 Å². The van der Waals surface area contributed by atoms with Crippen molar-refractivity contribution < 1.29 is 8.42 Å². The fourth-order valence-electron chi connectivity index (χ4n) is 2.31. The summed E-state index contributed by atoms with van der Waals surface area (Å²) >= 11 is 0. The molecule has 102 valence electrons. The Hall–Kier alpha value is -0.920. The van der Waals surface area contributed by atoms with Crippen molar-refractivity contribution in [3.05, 3.63) is 12.3 Å². The average molecular weight is 272 g/mol. The molecular weight excluding hydrogens is 252 g/mol. The topological polar surface area (TPSA) is 76.0 Å². The molecule has 0 saturated carbocycles. The first-order valence-corrected chi connectivity index (χ1v) is 7.71. The van der Waals surface area contributed by atoms with E-state index in [9.17, 15) is 8.42 Å². The second kappa shape index (κ2) is 5.38. The molecule has 1 aromatic rings. The van der Waals surface area contributed by atoms with E-state index in [1.807, 2.05) is 0 Å². The minimum Gasteiger partial charge on any atom is -0.310 e. The van der Waals surface area contributed by atoms with Crippen molar-refractivity contribution in [3.8, 4) is 0 Å². The Balaban J connectivity index is 1.95. The Morgan fingerprint density at radius 2 is 2.33 bits per heavy atom. The summed E-state index contributed by atoms with van der Waals surface area (Å²) in [4.78, 5) is 0. The number of aryl methyl sites for hydroxylation is 1. The second-order valence-electron chi connectivity index (χ2n) is 4.84. The lowest BCUT2D eigenvalue weighted by Crippen LogP contribution is -2.47. The van der Waals surface area contributed by atoms with Crippen LogP contribution < -0.4 is 10.0 Å². The van der Waals surface area contributed by atoms with Gasteiger partial charge in [-0.2, -0.15) is 5.10 Å². The molecule has 1 saturated heterocycles. The molecule has 1 fully saturated rings. The van der Waals surface area contributed by atoms with Gasteiger partial charge < -0.3 is 5.32 Å². The highest BCUT2D eigenvalue weighted by Crippen LogP contribution is 2.12. The Bertz CT molecular complexity index is 497. The van der Waals surface area contributed by atoms with Gasteiger partial charge in [-0.05, 0) is 25.8 Å². The number of hydrogen-bond acceptors (Lipinski definition) is 4. The molecule has 0 aromatic carbocycles. The van der Waals surface area contributed by atoms with Crippen LogP contribution in [0.15, 0.2) is 17.3 Å². The van der Waals surface area contributed by atoms with Crippen LogP contribution >= 0.6 is 0 Å². The van der Waals surface area contributed by atoms with Gasteiger partial charge in [-0.25, -0.2) is 13.1 Å². The predicted octanol–water partition coefficient (Wildman–Crippen LogP) is 0.229. The fourth-order valence-corrected chi connectivity index (χ4v) is 3.51. The lowest BCUT2D eigenvalue weighted by molar-refractivity contribution is 0.334. The number of nitrogens with one attached hydrogen (secondary N) is 2. The van der Waals surface area contributed by atoms with Gasteiger partial charge in [-0.15, -0.1) is 0 Å². The van der Waals surface area contributed by atoms with Gasteiger partial charge >= 0.3 is 0 Å². The highest BCUT2D eigenvalue weighted by atomic mass is 32.2. The predicted molar refractivity (Wildman–Crippen MR) is 68.6 cm³/mol. The number of sulfonamides is 1. The summed E-state index contributed by atoms with van der Waals surface area (Å²) < 4.78 is 28.1. The second-order valence-corrected chi connectivity index (χ2v) is 6.55. The van der Waals surface area contributed by atoms with Crippen LogP contribution in [0.4, 0.5) is 0 Å². The van der Waals surface area contributed by atoms with E-state index in [-0.39, 0.29) is 11.1 Å². The number of nitrogens with zero attached hydrogens (tertiary/aromatic N) is 2. The zero-order valence-corrected chi connectivity index (χ0v) is 11.6. The summed E-state index contributed by atoms with van der Waals surface area (Å²) in [6, 6.07) is 2.18. The van der Waals surface area contributed by atoms with E-state index in [1.165, 1.54) is 16.9 Å². The van der Waals surface area contributed by atoms with E-state index >= 15 is 0 Å². The first-order chi connectivity index (χ1) is 8.49. The van der Waals surface area contributed by atoms with E-state index < -0.39 is 10.0 Å². The summed E-state index contributed by atoms with van der Waals surface area (Å²) in [5.74, 6) is 0. The van der Waals surface area contributed by atoms with Crippen LogP contribution in [0.1, 0.15) is 26.2 Å². The van der Waals surface area contributed by atoms with Crippen molar-refractivity contribution in [1.82, 2.24) is 19.8 Å². The highest BCUT2D eigenvalue weighted by molar-refractivity contribution is 7.89. The quantitative estimate of drug-likeness (QED) is 0.822. The molecule has 18 heavy (non-hydrogen) atoms. The van der Waals surface area contributed by atoms with Crippen LogP contribution in [0, 0.1) is 0 Å².